The quantitative estimate of drug-likeness (QED) is 0.817. The van der Waals surface area contributed by atoms with E-state index in [4.69, 9.17) is 15.3 Å². The lowest BCUT2D eigenvalue weighted by atomic mass is 10.1. The second-order valence-corrected chi connectivity index (χ2v) is 4.76. The van der Waals surface area contributed by atoms with E-state index >= 15 is 0 Å². The molecule has 0 fully saturated rings. The monoisotopic (exact) mass is 262 g/mol. The van der Waals surface area contributed by atoms with Gasteiger partial charge in [-0.15, -0.1) is 0 Å². The number of aryl methyl sites for hydroxylation is 3. The van der Waals surface area contributed by atoms with Crippen molar-refractivity contribution in [2.45, 2.75) is 20.8 Å². The van der Waals surface area contributed by atoms with Crippen molar-refractivity contribution in [2.75, 3.05) is 0 Å². The molecule has 2 aromatic carbocycles. The lowest BCUT2D eigenvalue weighted by Crippen LogP contribution is -1.95. The van der Waals surface area contributed by atoms with E-state index in [1.165, 1.54) is 0 Å². The molecule has 0 saturated carbocycles. The molecule has 20 heavy (non-hydrogen) atoms. The highest BCUT2D eigenvalue weighted by atomic mass is 16.5. The molecule has 0 aliphatic heterocycles. The zero-order valence-electron chi connectivity index (χ0n) is 11.7. The summed E-state index contributed by atoms with van der Waals surface area (Å²) in [6.07, 6.45) is 0. The first kappa shape index (κ1) is 13.6. The fourth-order valence-corrected chi connectivity index (χ4v) is 2.09. The molecule has 0 aliphatic rings. The summed E-state index contributed by atoms with van der Waals surface area (Å²) in [6, 6.07) is 13.3. The Morgan fingerprint density at radius 2 is 1.55 bits per heavy atom. The number of hydrogen-bond acceptors (Lipinski definition) is 3. The van der Waals surface area contributed by atoms with E-state index < -0.39 is 0 Å². The standard InChI is InChI=1S/C17H14N2O/c1-11-4-5-15(10-19)16(6-11)20-17-12(2)7-14(9-18)8-13(17)3/h4-8H,1-3H3. The average molecular weight is 262 g/mol. The Bertz CT molecular complexity index is 726. The lowest BCUT2D eigenvalue weighted by Gasteiger charge is -2.13. The van der Waals surface area contributed by atoms with Crippen LogP contribution in [0.15, 0.2) is 30.3 Å². The molecule has 0 spiro atoms. The Morgan fingerprint density at radius 3 is 2.10 bits per heavy atom. The highest BCUT2D eigenvalue weighted by Gasteiger charge is 2.10. The van der Waals surface area contributed by atoms with Crippen molar-refractivity contribution in [1.29, 1.82) is 10.5 Å². The number of ether oxygens (including phenoxy) is 1. The van der Waals surface area contributed by atoms with Crippen molar-refractivity contribution in [3.8, 4) is 23.6 Å². The molecule has 3 nitrogen and oxygen atoms in total. The van der Waals surface area contributed by atoms with Crippen LogP contribution in [0.4, 0.5) is 0 Å². The van der Waals surface area contributed by atoms with E-state index in [0.29, 0.717) is 22.6 Å². The van der Waals surface area contributed by atoms with E-state index in [1.807, 2.05) is 32.9 Å². The molecule has 0 bridgehead atoms. The van der Waals surface area contributed by atoms with Crippen LogP contribution in [0.1, 0.15) is 27.8 Å². The predicted octanol–water partition coefficient (Wildman–Crippen LogP) is 4.15. The van der Waals surface area contributed by atoms with Gasteiger partial charge in [-0.25, -0.2) is 0 Å². The second kappa shape index (κ2) is 5.47. The van der Waals surface area contributed by atoms with Gasteiger partial charge in [0, 0.05) is 0 Å². The molecule has 0 atom stereocenters. The zero-order chi connectivity index (χ0) is 14.7. The minimum Gasteiger partial charge on any atom is -0.455 e. The maximum Gasteiger partial charge on any atom is 0.145 e. The summed E-state index contributed by atoms with van der Waals surface area (Å²) in [5.74, 6) is 1.24. The minimum absolute atomic E-state index is 0.499. The van der Waals surface area contributed by atoms with Gasteiger partial charge in [-0.1, -0.05) is 6.07 Å². The normalized spacial score (nSPS) is 9.65. The SMILES string of the molecule is Cc1ccc(C#N)c(Oc2c(C)cc(C#N)cc2C)c1. The van der Waals surface area contributed by atoms with Crippen molar-refractivity contribution in [3.63, 3.8) is 0 Å². The van der Waals surface area contributed by atoms with Crippen LogP contribution in [-0.2, 0) is 0 Å². The molecule has 98 valence electrons. The smallest absolute Gasteiger partial charge is 0.145 e. The highest BCUT2D eigenvalue weighted by Crippen LogP contribution is 2.32. The molecule has 0 amide bonds. The molecule has 0 heterocycles. The van der Waals surface area contributed by atoms with Gasteiger partial charge < -0.3 is 4.74 Å². The van der Waals surface area contributed by atoms with Crippen LogP contribution in [0.5, 0.6) is 11.5 Å². The molecule has 0 aliphatic carbocycles. The van der Waals surface area contributed by atoms with Crippen molar-refractivity contribution >= 4 is 0 Å². The molecule has 0 unspecified atom stereocenters. The maximum absolute atomic E-state index is 9.14. The number of nitrogens with zero attached hydrogens (tertiary/aromatic N) is 2. The van der Waals surface area contributed by atoms with Gasteiger partial charge in [0.05, 0.1) is 17.2 Å². The Morgan fingerprint density at radius 1 is 0.900 bits per heavy atom. The molecule has 0 radical (unpaired) electrons. The molecule has 0 saturated heterocycles. The van der Waals surface area contributed by atoms with E-state index in [-0.39, 0.29) is 0 Å². The van der Waals surface area contributed by atoms with Crippen LogP contribution >= 0.6 is 0 Å². The lowest BCUT2D eigenvalue weighted by molar-refractivity contribution is 0.473. The van der Waals surface area contributed by atoms with Crippen LogP contribution in [0, 0.1) is 43.4 Å². The van der Waals surface area contributed by atoms with Crippen LogP contribution in [-0.4, -0.2) is 0 Å². The minimum atomic E-state index is 0.499. The molecule has 0 aromatic heterocycles. The number of hydrogen-bond donors (Lipinski definition) is 0. The molecule has 2 aromatic rings. The summed E-state index contributed by atoms with van der Waals surface area (Å²) in [7, 11) is 0. The average Bonchev–Trinajstić information content (AvgIpc) is 2.42. The molecule has 2 rings (SSSR count). The first-order valence-electron chi connectivity index (χ1n) is 6.25. The first-order valence-corrected chi connectivity index (χ1v) is 6.25. The molecule has 3 heteroatoms. The Labute approximate surface area is 118 Å². The van der Waals surface area contributed by atoms with Gasteiger partial charge in [-0.3, -0.25) is 0 Å². The van der Waals surface area contributed by atoms with Crippen molar-refractivity contribution in [1.82, 2.24) is 0 Å². The van der Waals surface area contributed by atoms with E-state index in [0.717, 1.165) is 16.7 Å². The Kier molecular flexibility index (Phi) is 3.73. The highest BCUT2D eigenvalue weighted by molar-refractivity contribution is 5.52. The molecular formula is C17H14N2O. The van der Waals surface area contributed by atoms with Gasteiger partial charge in [0.15, 0.2) is 0 Å². The molecular weight excluding hydrogens is 248 g/mol. The Hall–Kier alpha value is -2.78. The van der Waals surface area contributed by atoms with Crippen LogP contribution in [0.2, 0.25) is 0 Å². The predicted molar refractivity (Wildman–Crippen MR) is 76.6 cm³/mol. The number of benzene rings is 2. The van der Waals surface area contributed by atoms with Crippen molar-refractivity contribution < 1.29 is 4.74 Å². The number of nitriles is 2. The van der Waals surface area contributed by atoms with Crippen LogP contribution < -0.4 is 4.74 Å². The summed E-state index contributed by atoms with van der Waals surface area (Å²) in [5, 5.41) is 18.1. The van der Waals surface area contributed by atoms with Gasteiger partial charge >= 0.3 is 0 Å². The summed E-state index contributed by atoms with van der Waals surface area (Å²) in [4.78, 5) is 0. The largest absolute Gasteiger partial charge is 0.455 e. The van der Waals surface area contributed by atoms with Crippen molar-refractivity contribution in [3.05, 3.63) is 58.1 Å². The van der Waals surface area contributed by atoms with Crippen molar-refractivity contribution in [2.24, 2.45) is 0 Å². The van der Waals surface area contributed by atoms with Crippen LogP contribution in [0.3, 0.4) is 0 Å². The third-order valence-electron chi connectivity index (χ3n) is 3.06. The summed E-state index contributed by atoms with van der Waals surface area (Å²) in [5.41, 5.74) is 3.90. The van der Waals surface area contributed by atoms with Gasteiger partial charge in [0.2, 0.25) is 0 Å². The summed E-state index contributed by atoms with van der Waals surface area (Å²) >= 11 is 0. The second-order valence-electron chi connectivity index (χ2n) is 4.76. The molecule has 0 N–H and O–H groups in total. The first-order chi connectivity index (χ1) is 9.55. The maximum atomic E-state index is 9.14. The third-order valence-corrected chi connectivity index (χ3v) is 3.06. The third kappa shape index (κ3) is 2.63. The van der Waals surface area contributed by atoms with E-state index in [9.17, 15) is 0 Å². The van der Waals surface area contributed by atoms with Gasteiger partial charge in [-0.2, -0.15) is 10.5 Å². The number of rotatable bonds is 2. The fourth-order valence-electron chi connectivity index (χ4n) is 2.09. The Balaban J connectivity index is 2.49. The van der Waals surface area contributed by atoms with E-state index in [2.05, 4.69) is 12.1 Å². The fraction of sp³-hybridized carbons (Fsp3) is 0.176. The topological polar surface area (TPSA) is 56.8 Å². The van der Waals surface area contributed by atoms with Gasteiger partial charge in [0.25, 0.3) is 0 Å². The summed E-state index contributed by atoms with van der Waals surface area (Å²) < 4.78 is 5.91. The van der Waals surface area contributed by atoms with Crippen LogP contribution in [0.25, 0.3) is 0 Å². The van der Waals surface area contributed by atoms with E-state index in [1.54, 1.807) is 18.2 Å². The van der Waals surface area contributed by atoms with Gasteiger partial charge in [0.1, 0.15) is 17.6 Å². The summed E-state index contributed by atoms with van der Waals surface area (Å²) in [6.45, 7) is 5.74. The van der Waals surface area contributed by atoms with Gasteiger partial charge in [-0.05, 0) is 61.7 Å². The zero-order valence-corrected chi connectivity index (χ0v) is 11.7.